The fourth-order valence-electron chi connectivity index (χ4n) is 4.68. The molecule has 39 heavy (non-hydrogen) atoms. The predicted molar refractivity (Wildman–Crippen MR) is 157 cm³/mol. The summed E-state index contributed by atoms with van der Waals surface area (Å²) in [4.78, 5) is 29.3. The molecule has 0 radical (unpaired) electrons. The molecule has 0 saturated carbocycles. The molecule has 7 nitrogen and oxygen atoms in total. The van der Waals surface area contributed by atoms with Crippen LogP contribution in [0.5, 0.6) is 0 Å². The zero-order valence-corrected chi connectivity index (χ0v) is 24.5. The number of hydrogen-bond acceptors (Lipinski definition) is 4. The minimum absolute atomic E-state index is 0.131. The summed E-state index contributed by atoms with van der Waals surface area (Å²) in [5.74, 6) is -0.736. The SMILES string of the molecule is Cc1ccccc1CN(C(=O)CN(c1c(C)cccc1C)S(C)(=O)=O)[C@@H](Cc1ccccc1)C(=O)NC(C)C. The zero-order chi connectivity index (χ0) is 28.7. The molecule has 0 saturated heterocycles. The molecular weight excluding hydrogens is 510 g/mol. The summed E-state index contributed by atoms with van der Waals surface area (Å²) in [6, 6.07) is 21.8. The fourth-order valence-corrected chi connectivity index (χ4v) is 5.65. The lowest BCUT2D eigenvalue weighted by Gasteiger charge is -2.34. The number of anilines is 1. The lowest BCUT2D eigenvalue weighted by Crippen LogP contribution is -2.54. The second-order valence-electron chi connectivity index (χ2n) is 10.3. The van der Waals surface area contributed by atoms with Crippen LogP contribution >= 0.6 is 0 Å². The maximum absolute atomic E-state index is 14.2. The minimum atomic E-state index is -3.81. The van der Waals surface area contributed by atoms with Crippen LogP contribution in [0.15, 0.2) is 72.8 Å². The minimum Gasteiger partial charge on any atom is -0.352 e. The predicted octanol–water partition coefficient (Wildman–Crippen LogP) is 4.54. The van der Waals surface area contributed by atoms with E-state index < -0.39 is 28.5 Å². The Labute approximate surface area is 232 Å². The van der Waals surface area contributed by atoms with Gasteiger partial charge in [-0.2, -0.15) is 0 Å². The van der Waals surface area contributed by atoms with Crippen molar-refractivity contribution < 1.29 is 18.0 Å². The van der Waals surface area contributed by atoms with E-state index in [1.165, 1.54) is 4.90 Å². The number of aryl methyl sites for hydroxylation is 3. The summed E-state index contributed by atoms with van der Waals surface area (Å²) in [7, 11) is -3.81. The molecule has 3 aromatic carbocycles. The first-order chi connectivity index (χ1) is 18.4. The molecular formula is C31H39N3O4S. The number of nitrogens with one attached hydrogen (secondary N) is 1. The average molecular weight is 550 g/mol. The average Bonchev–Trinajstić information content (AvgIpc) is 2.86. The van der Waals surface area contributed by atoms with Crippen molar-refractivity contribution in [3.05, 3.63) is 101 Å². The maximum atomic E-state index is 14.2. The van der Waals surface area contributed by atoms with E-state index in [1.54, 1.807) is 0 Å². The quantitative estimate of drug-likeness (QED) is 0.380. The summed E-state index contributed by atoms with van der Waals surface area (Å²) in [5.41, 5.74) is 4.75. The number of nitrogens with zero attached hydrogens (tertiary/aromatic N) is 2. The van der Waals surface area contributed by atoms with E-state index >= 15 is 0 Å². The molecule has 2 amide bonds. The van der Waals surface area contributed by atoms with Crippen LogP contribution in [-0.4, -0.2) is 50.0 Å². The highest BCUT2D eigenvalue weighted by atomic mass is 32.2. The highest BCUT2D eigenvalue weighted by Gasteiger charge is 2.34. The van der Waals surface area contributed by atoms with E-state index in [-0.39, 0.29) is 18.5 Å². The number of rotatable bonds is 11. The first-order valence-corrected chi connectivity index (χ1v) is 15.0. The molecule has 3 aromatic rings. The van der Waals surface area contributed by atoms with E-state index in [0.29, 0.717) is 12.1 Å². The molecule has 0 aliphatic heterocycles. The van der Waals surface area contributed by atoms with E-state index in [4.69, 9.17) is 0 Å². The number of para-hydroxylation sites is 1. The Morgan fingerprint density at radius 3 is 1.95 bits per heavy atom. The first-order valence-electron chi connectivity index (χ1n) is 13.1. The van der Waals surface area contributed by atoms with Crippen LogP contribution in [0.1, 0.15) is 41.7 Å². The Morgan fingerprint density at radius 1 is 0.821 bits per heavy atom. The summed E-state index contributed by atoms with van der Waals surface area (Å²) >= 11 is 0. The largest absolute Gasteiger partial charge is 0.352 e. The topological polar surface area (TPSA) is 86.8 Å². The second-order valence-corrected chi connectivity index (χ2v) is 12.2. The molecule has 0 aliphatic rings. The van der Waals surface area contributed by atoms with Crippen molar-refractivity contribution in [2.45, 2.75) is 59.7 Å². The molecule has 0 aliphatic carbocycles. The first kappa shape index (κ1) is 29.9. The Bertz CT molecular complexity index is 1380. The molecule has 0 heterocycles. The van der Waals surface area contributed by atoms with Gasteiger partial charge in [0.05, 0.1) is 11.9 Å². The number of sulfonamides is 1. The third kappa shape index (κ3) is 7.93. The standard InChI is InChI=1S/C31H39N3O4S/c1-22(2)32-31(36)28(19-26-16-8-7-9-17-26)33(20-27-18-11-10-13-23(27)3)29(35)21-34(39(6,37)38)30-24(4)14-12-15-25(30)5/h7-18,22,28H,19-21H2,1-6H3,(H,32,36)/t28-/m0/s1. The number of carbonyl (C=O) groups is 2. The van der Waals surface area contributed by atoms with Crippen LogP contribution < -0.4 is 9.62 Å². The van der Waals surface area contributed by atoms with Crippen LogP contribution in [0.3, 0.4) is 0 Å². The van der Waals surface area contributed by atoms with E-state index in [1.807, 2.05) is 107 Å². The molecule has 0 spiro atoms. The van der Waals surface area contributed by atoms with Crippen LogP contribution in [0, 0.1) is 20.8 Å². The normalized spacial score (nSPS) is 12.2. The van der Waals surface area contributed by atoms with Gasteiger partial charge in [-0.15, -0.1) is 0 Å². The van der Waals surface area contributed by atoms with Gasteiger partial charge in [0, 0.05) is 19.0 Å². The van der Waals surface area contributed by atoms with Crippen LogP contribution in [0.2, 0.25) is 0 Å². The van der Waals surface area contributed by atoms with Crippen molar-refractivity contribution in [2.24, 2.45) is 0 Å². The van der Waals surface area contributed by atoms with Crippen molar-refractivity contribution in [3.63, 3.8) is 0 Å². The molecule has 0 fully saturated rings. The van der Waals surface area contributed by atoms with Gasteiger partial charge in [0.15, 0.2) is 0 Å². The second kappa shape index (κ2) is 12.9. The molecule has 0 unspecified atom stereocenters. The van der Waals surface area contributed by atoms with E-state index in [9.17, 15) is 18.0 Å². The van der Waals surface area contributed by atoms with Crippen molar-refractivity contribution in [3.8, 4) is 0 Å². The van der Waals surface area contributed by atoms with Crippen LogP contribution in [0.4, 0.5) is 5.69 Å². The number of carbonyl (C=O) groups excluding carboxylic acids is 2. The van der Waals surface area contributed by atoms with E-state index in [2.05, 4.69) is 5.32 Å². The Morgan fingerprint density at radius 2 is 1.38 bits per heavy atom. The summed E-state index contributed by atoms with van der Waals surface area (Å²) in [5, 5.41) is 2.97. The van der Waals surface area contributed by atoms with Gasteiger partial charge in [-0.1, -0.05) is 72.8 Å². The highest BCUT2D eigenvalue weighted by molar-refractivity contribution is 7.92. The molecule has 1 atom stereocenters. The fraction of sp³-hybridized carbons (Fsp3) is 0.355. The summed E-state index contributed by atoms with van der Waals surface area (Å²) in [6.45, 7) is 9.09. The zero-order valence-electron chi connectivity index (χ0n) is 23.6. The van der Waals surface area contributed by atoms with Crippen molar-refractivity contribution in [1.82, 2.24) is 10.2 Å². The van der Waals surface area contributed by atoms with Gasteiger partial charge in [-0.3, -0.25) is 13.9 Å². The molecule has 3 rings (SSSR count). The Hall–Kier alpha value is -3.65. The lowest BCUT2D eigenvalue weighted by molar-refractivity contribution is -0.140. The molecule has 8 heteroatoms. The lowest BCUT2D eigenvalue weighted by atomic mass is 10.0. The van der Waals surface area contributed by atoms with Gasteiger partial charge in [0.2, 0.25) is 21.8 Å². The van der Waals surface area contributed by atoms with Gasteiger partial charge in [-0.25, -0.2) is 8.42 Å². The van der Waals surface area contributed by atoms with Crippen molar-refractivity contribution >= 4 is 27.5 Å². The third-order valence-electron chi connectivity index (χ3n) is 6.67. The molecule has 1 N–H and O–H groups in total. The Balaban J connectivity index is 2.10. The van der Waals surface area contributed by atoms with Gasteiger partial charge >= 0.3 is 0 Å². The van der Waals surface area contributed by atoms with Gasteiger partial charge in [0.25, 0.3) is 0 Å². The number of amides is 2. The van der Waals surface area contributed by atoms with Crippen molar-refractivity contribution in [1.29, 1.82) is 0 Å². The Kier molecular flexibility index (Phi) is 9.92. The molecule has 0 bridgehead atoms. The molecule has 0 aromatic heterocycles. The van der Waals surface area contributed by atoms with Gasteiger partial charge < -0.3 is 10.2 Å². The molecule has 208 valence electrons. The maximum Gasteiger partial charge on any atom is 0.244 e. The van der Waals surface area contributed by atoms with Gasteiger partial charge in [0.1, 0.15) is 12.6 Å². The smallest absolute Gasteiger partial charge is 0.244 e. The van der Waals surface area contributed by atoms with Crippen LogP contribution in [-0.2, 0) is 32.6 Å². The summed E-state index contributed by atoms with van der Waals surface area (Å²) in [6.07, 6.45) is 1.39. The van der Waals surface area contributed by atoms with Crippen molar-refractivity contribution in [2.75, 3.05) is 17.1 Å². The monoisotopic (exact) mass is 549 g/mol. The van der Waals surface area contributed by atoms with Gasteiger partial charge in [-0.05, 0) is 62.4 Å². The summed E-state index contributed by atoms with van der Waals surface area (Å²) < 4.78 is 27.2. The third-order valence-corrected chi connectivity index (χ3v) is 7.78. The van der Waals surface area contributed by atoms with Crippen LogP contribution in [0.25, 0.3) is 0 Å². The van der Waals surface area contributed by atoms with E-state index in [0.717, 1.165) is 38.4 Å². The number of hydrogen-bond donors (Lipinski definition) is 1. The number of benzene rings is 3. The highest BCUT2D eigenvalue weighted by Crippen LogP contribution is 2.27.